The maximum atomic E-state index is 11.1. The molecule has 1 amide bonds. The molecule has 0 bridgehead atoms. The van der Waals surface area contributed by atoms with Gasteiger partial charge in [0.15, 0.2) is 0 Å². The Hall–Kier alpha value is -1.51. The third kappa shape index (κ3) is 4.47. The minimum Gasteiger partial charge on any atom is -0.370 e. The summed E-state index contributed by atoms with van der Waals surface area (Å²) in [5.41, 5.74) is 2.48. The zero-order chi connectivity index (χ0) is 12.7. The van der Waals surface area contributed by atoms with Crippen LogP contribution < -0.4 is 10.2 Å². The van der Waals surface area contributed by atoms with Crippen LogP contribution in [0, 0.1) is 6.92 Å². The molecule has 0 aliphatic heterocycles. The summed E-state index contributed by atoms with van der Waals surface area (Å²) in [7, 11) is 0. The van der Waals surface area contributed by atoms with E-state index in [9.17, 15) is 4.79 Å². The first-order valence-electron chi connectivity index (χ1n) is 6.25. The van der Waals surface area contributed by atoms with Gasteiger partial charge in [0.1, 0.15) is 0 Å². The zero-order valence-electron chi connectivity index (χ0n) is 11.0. The van der Waals surface area contributed by atoms with Gasteiger partial charge in [-0.1, -0.05) is 19.1 Å². The van der Waals surface area contributed by atoms with Gasteiger partial charge in [0, 0.05) is 31.7 Å². The molecule has 0 spiro atoms. The van der Waals surface area contributed by atoms with E-state index < -0.39 is 0 Å². The van der Waals surface area contributed by atoms with Gasteiger partial charge < -0.3 is 10.2 Å². The molecule has 94 valence electrons. The van der Waals surface area contributed by atoms with Crippen molar-refractivity contribution in [3.8, 4) is 0 Å². The normalized spacial score (nSPS) is 10.1. The van der Waals surface area contributed by atoms with Crippen LogP contribution >= 0.6 is 0 Å². The Morgan fingerprint density at radius 3 is 2.71 bits per heavy atom. The number of nitrogens with zero attached hydrogens (tertiary/aromatic N) is 1. The van der Waals surface area contributed by atoms with Crippen LogP contribution in [-0.2, 0) is 4.79 Å². The predicted molar refractivity (Wildman–Crippen MR) is 72.4 cm³/mol. The number of aryl methyl sites for hydroxylation is 1. The average molecular weight is 234 g/mol. The zero-order valence-corrected chi connectivity index (χ0v) is 11.0. The van der Waals surface area contributed by atoms with Crippen molar-refractivity contribution in [1.29, 1.82) is 0 Å². The lowest BCUT2D eigenvalue weighted by Crippen LogP contribution is -2.34. The lowest BCUT2D eigenvalue weighted by atomic mass is 10.2. The molecule has 1 aromatic rings. The van der Waals surface area contributed by atoms with Gasteiger partial charge in [-0.3, -0.25) is 4.79 Å². The molecule has 3 heteroatoms. The van der Waals surface area contributed by atoms with Gasteiger partial charge in [-0.2, -0.15) is 0 Å². The van der Waals surface area contributed by atoms with E-state index in [1.165, 1.54) is 11.3 Å². The van der Waals surface area contributed by atoms with Gasteiger partial charge in [0.25, 0.3) is 0 Å². The molecule has 1 aromatic carbocycles. The van der Waals surface area contributed by atoms with Gasteiger partial charge in [0.2, 0.25) is 5.91 Å². The van der Waals surface area contributed by atoms with Crippen LogP contribution in [0.15, 0.2) is 24.3 Å². The average Bonchev–Trinajstić information content (AvgIpc) is 2.34. The van der Waals surface area contributed by atoms with E-state index in [4.69, 9.17) is 0 Å². The molecule has 0 radical (unpaired) electrons. The third-order valence-corrected chi connectivity index (χ3v) is 2.77. The van der Waals surface area contributed by atoms with E-state index in [2.05, 4.69) is 48.3 Å². The van der Waals surface area contributed by atoms with Gasteiger partial charge in [-0.25, -0.2) is 0 Å². The second-order valence-corrected chi connectivity index (χ2v) is 4.12. The fourth-order valence-corrected chi connectivity index (χ4v) is 1.75. The molecule has 0 saturated carbocycles. The SMILES string of the molecule is CCC(=O)NCCN(CC)c1cccc(C)c1. The van der Waals surface area contributed by atoms with Crippen molar-refractivity contribution < 1.29 is 4.79 Å². The van der Waals surface area contributed by atoms with E-state index in [-0.39, 0.29) is 5.91 Å². The Kier molecular flexibility index (Phi) is 5.53. The highest BCUT2D eigenvalue weighted by Crippen LogP contribution is 2.14. The highest BCUT2D eigenvalue weighted by Gasteiger charge is 2.04. The molecule has 17 heavy (non-hydrogen) atoms. The van der Waals surface area contributed by atoms with Gasteiger partial charge >= 0.3 is 0 Å². The van der Waals surface area contributed by atoms with Crippen molar-refractivity contribution in [2.24, 2.45) is 0 Å². The molecular weight excluding hydrogens is 212 g/mol. The second-order valence-electron chi connectivity index (χ2n) is 4.12. The maximum absolute atomic E-state index is 11.1. The number of carbonyl (C=O) groups excluding carboxylic acids is 1. The van der Waals surface area contributed by atoms with E-state index in [0.29, 0.717) is 13.0 Å². The first-order valence-corrected chi connectivity index (χ1v) is 6.25. The van der Waals surface area contributed by atoms with Gasteiger partial charge in [0.05, 0.1) is 0 Å². The van der Waals surface area contributed by atoms with Crippen molar-refractivity contribution in [2.75, 3.05) is 24.5 Å². The number of likely N-dealkylation sites (N-methyl/N-ethyl adjacent to an activating group) is 1. The molecule has 0 heterocycles. The van der Waals surface area contributed by atoms with E-state index >= 15 is 0 Å². The van der Waals surface area contributed by atoms with Crippen LogP contribution in [0.1, 0.15) is 25.8 Å². The Labute approximate surface area is 104 Å². The lowest BCUT2D eigenvalue weighted by molar-refractivity contribution is -0.120. The van der Waals surface area contributed by atoms with Gasteiger partial charge in [-0.05, 0) is 31.5 Å². The first-order chi connectivity index (χ1) is 8.17. The molecule has 3 nitrogen and oxygen atoms in total. The molecule has 0 saturated heterocycles. The summed E-state index contributed by atoms with van der Waals surface area (Å²) in [6.45, 7) is 8.60. The summed E-state index contributed by atoms with van der Waals surface area (Å²) in [6, 6.07) is 8.44. The summed E-state index contributed by atoms with van der Waals surface area (Å²) in [5.74, 6) is 0.116. The number of anilines is 1. The number of carbonyl (C=O) groups is 1. The molecular formula is C14H22N2O. The van der Waals surface area contributed by atoms with Crippen molar-refractivity contribution in [2.45, 2.75) is 27.2 Å². The molecule has 0 aliphatic carbocycles. The quantitative estimate of drug-likeness (QED) is 0.819. The summed E-state index contributed by atoms with van der Waals surface area (Å²) < 4.78 is 0. The summed E-state index contributed by atoms with van der Waals surface area (Å²) in [4.78, 5) is 13.4. The topological polar surface area (TPSA) is 32.3 Å². The number of benzene rings is 1. The van der Waals surface area contributed by atoms with Crippen LogP contribution in [0.4, 0.5) is 5.69 Å². The number of hydrogen-bond donors (Lipinski definition) is 1. The third-order valence-electron chi connectivity index (χ3n) is 2.77. The van der Waals surface area contributed by atoms with Crippen molar-refractivity contribution in [3.05, 3.63) is 29.8 Å². The minimum atomic E-state index is 0.116. The molecule has 1 rings (SSSR count). The van der Waals surface area contributed by atoms with Crippen LogP contribution in [0.5, 0.6) is 0 Å². The standard InChI is InChI=1S/C14H22N2O/c1-4-14(17)15-9-10-16(5-2)13-8-6-7-12(3)11-13/h6-8,11H,4-5,9-10H2,1-3H3,(H,15,17). The molecule has 0 fully saturated rings. The highest BCUT2D eigenvalue weighted by molar-refractivity contribution is 5.75. The summed E-state index contributed by atoms with van der Waals surface area (Å²) in [6.07, 6.45) is 0.552. The lowest BCUT2D eigenvalue weighted by Gasteiger charge is -2.23. The van der Waals surface area contributed by atoms with Gasteiger partial charge in [-0.15, -0.1) is 0 Å². The Morgan fingerprint density at radius 1 is 1.35 bits per heavy atom. The monoisotopic (exact) mass is 234 g/mol. The fourth-order valence-electron chi connectivity index (χ4n) is 1.75. The van der Waals surface area contributed by atoms with Crippen LogP contribution in [0.25, 0.3) is 0 Å². The number of nitrogens with one attached hydrogen (secondary N) is 1. The predicted octanol–water partition coefficient (Wildman–Crippen LogP) is 2.35. The van der Waals surface area contributed by atoms with Crippen LogP contribution in [-0.4, -0.2) is 25.5 Å². The molecule has 0 aromatic heterocycles. The molecule has 1 N–H and O–H groups in total. The van der Waals surface area contributed by atoms with Crippen LogP contribution in [0.3, 0.4) is 0 Å². The Morgan fingerprint density at radius 2 is 2.12 bits per heavy atom. The van der Waals surface area contributed by atoms with E-state index in [1.54, 1.807) is 0 Å². The van der Waals surface area contributed by atoms with Crippen molar-refractivity contribution >= 4 is 11.6 Å². The van der Waals surface area contributed by atoms with Crippen molar-refractivity contribution in [1.82, 2.24) is 5.32 Å². The van der Waals surface area contributed by atoms with Crippen molar-refractivity contribution in [3.63, 3.8) is 0 Å². The largest absolute Gasteiger partial charge is 0.370 e. The molecule has 0 unspecified atom stereocenters. The summed E-state index contributed by atoms with van der Waals surface area (Å²) in [5, 5.41) is 2.90. The number of hydrogen-bond acceptors (Lipinski definition) is 2. The highest BCUT2D eigenvalue weighted by atomic mass is 16.1. The number of amides is 1. The minimum absolute atomic E-state index is 0.116. The van der Waals surface area contributed by atoms with Crippen LogP contribution in [0.2, 0.25) is 0 Å². The molecule has 0 aliphatic rings. The van der Waals surface area contributed by atoms with E-state index in [1.807, 2.05) is 6.92 Å². The Bertz CT molecular complexity index is 363. The molecule has 0 atom stereocenters. The first kappa shape index (κ1) is 13.6. The second kappa shape index (κ2) is 6.94. The fraction of sp³-hybridized carbons (Fsp3) is 0.500. The smallest absolute Gasteiger partial charge is 0.219 e. The maximum Gasteiger partial charge on any atom is 0.219 e. The van der Waals surface area contributed by atoms with E-state index in [0.717, 1.165) is 13.1 Å². The Balaban J connectivity index is 2.51. The summed E-state index contributed by atoms with van der Waals surface area (Å²) >= 11 is 0. The number of rotatable bonds is 6.